The molecule has 0 aromatic carbocycles. The van der Waals surface area contributed by atoms with Gasteiger partial charge in [0.25, 0.3) is 0 Å². The van der Waals surface area contributed by atoms with E-state index in [0.717, 1.165) is 0 Å². The molecule has 0 spiro atoms. The Bertz CT molecular complexity index is 76.7. The predicted octanol–water partition coefficient (Wildman–Crippen LogP) is -0.143. The molecule has 0 unspecified atom stereocenters. The van der Waals surface area contributed by atoms with Crippen molar-refractivity contribution >= 4 is 11.8 Å². The van der Waals surface area contributed by atoms with Crippen molar-refractivity contribution in [2.75, 3.05) is 0 Å². The molecule has 6 heavy (non-hydrogen) atoms. The molecule has 0 atom stereocenters. The van der Waals surface area contributed by atoms with Crippen LogP contribution >= 0.6 is 11.8 Å². The van der Waals surface area contributed by atoms with E-state index in [9.17, 15) is 0 Å². The van der Waals surface area contributed by atoms with Crippen LogP contribution in [0.25, 0.3) is 0 Å². The van der Waals surface area contributed by atoms with Crippen LogP contribution in [-0.2, 0) is 0 Å². The van der Waals surface area contributed by atoms with Crippen LogP contribution in [0.1, 0.15) is 0 Å². The highest BCUT2D eigenvalue weighted by molar-refractivity contribution is 8.07. The summed E-state index contributed by atoms with van der Waals surface area (Å²) in [5.74, 6) is 0. The van der Waals surface area contributed by atoms with Gasteiger partial charge in [-0.15, -0.1) is 0 Å². The van der Waals surface area contributed by atoms with E-state index in [4.69, 9.17) is 10.5 Å². The van der Waals surface area contributed by atoms with Gasteiger partial charge in [0.1, 0.15) is 10.8 Å². The third-order valence-corrected chi connectivity index (χ3v) is 0.274. The minimum absolute atomic E-state index is 0. The molecule has 0 heterocycles. The van der Waals surface area contributed by atoms with Gasteiger partial charge < -0.3 is 5.48 Å². The van der Waals surface area contributed by atoms with E-state index in [-0.39, 0.29) is 5.48 Å². The fourth-order valence-corrected chi connectivity index (χ4v) is 0.0612. The highest BCUT2D eigenvalue weighted by Gasteiger charge is 1.62. The number of nitrogens with zero attached hydrogens (tertiary/aromatic N) is 2. The topological polar surface area (TPSA) is 79.1 Å². The van der Waals surface area contributed by atoms with Gasteiger partial charge in [0.2, 0.25) is 0 Å². The molecule has 0 bridgehead atoms. The summed E-state index contributed by atoms with van der Waals surface area (Å²) in [7, 11) is 0. The lowest BCUT2D eigenvalue weighted by atomic mass is 11.8. The van der Waals surface area contributed by atoms with Gasteiger partial charge >= 0.3 is 0 Å². The molecule has 2 N–H and O–H groups in total. The molecule has 0 fully saturated rings. The molecule has 0 aliphatic heterocycles. The number of thiocyanates is 2. The average Bonchev–Trinajstić information content (AvgIpc) is 1.41. The summed E-state index contributed by atoms with van der Waals surface area (Å²) in [4.78, 5) is 0. The second-order valence-electron chi connectivity index (χ2n) is 0.285. The Morgan fingerprint density at radius 2 is 1.50 bits per heavy atom. The molecule has 0 saturated carbocycles. The summed E-state index contributed by atoms with van der Waals surface area (Å²) in [5.41, 5.74) is 0. The third kappa shape index (κ3) is 10.4. The van der Waals surface area contributed by atoms with Crippen molar-refractivity contribution in [3.05, 3.63) is 0 Å². The zero-order valence-corrected chi connectivity index (χ0v) is 3.62. The van der Waals surface area contributed by atoms with Crippen LogP contribution in [0.2, 0.25) is 0 Å². The Kier molecular flexibility index (Phi) is 13.3. The molecule has 0 aliphatic carbocycles. The predicted molar refractivity (Wildman–Crippen MR) is 22.4 cm³/mol. The van der Waals surface area contributed by atoms with E-state index in [2.05, 4.69) is 0 Å². The lowest BCUT2D eigenvalue weighted by Gasteiger charge is -1.44. The van der Waals surface area contributed by atoms with Crippen LogP contribution in [-0.4, -0.2) is 5.48 Å². The summed E-state index contributed by atoms with van der Waals surface area (Å²) < 4.78 is 0. The molecule has 3 nitrogen and oxygen atoms in total. The molecule has 4 heteroatoms. The Morgan fingerprint density at radius 3 is 1.50 bits per heavy atom. The fraction of sp³-hybridized carbons (Fsp3) is 0. The van der Waals surface area contributed by atoms with E-state index >= 15 is 0 Å². The number of nitriles is 2. The first-order valence-corrected chi connectivity index (χ1v) is 1.67. The second kappa shape index (κ2) is 8.85. The van der Waals surface area contributed by atoms with E-state index in [1.807, 2.05) is 0 Å². The summed E-state index contributed by atoms with van der Waals surface area (Å²) in [6.07, 6.45) is 0. The SMILES string of the molecule is N#CSC#N.O. The summed E-state index contributed by atoms with van der Waals surface area (Å²) >= 11 is 0.574. The Morgan fingerprint density at radius 1 is 1.17 bits per heavy atom. The minimum atomic E-state index is 0. The molecule has 0 radical (unpaired) electrons. The van der Waals surface area contributed by atoms with Gasteiger partial charge in [0.15, 0.2) is 0 Å². The van der Waals surface area contributed by atoms with Crippen molar-refractivity contribution in [3.8, 4) is 10.8 Å². The Balaban J connectivity index is 0. The van der Waals surface area contributed by atoms with Crippen molar-refractivity contribution in [3.63, 3.8) is 0 Å². The maximum absolute atomic E-state index is 7.56. The van der Waals surface area contributed by atoms with Gasteiger partial charge in [-0.25, -0.2) is 0 Å². The second-order valence-corrected chi connectivity index (χ2v) is 0.854. The lowest BCUT2D eigenvalue weighted by molar-refractivity contribution is 0.824. The Hall–Kier alpha value is -0.710. The zero-order valence-electron chi connectivity index (χ0n) is 2.80. The van der Waals surface area contributed by atoms with Crippen LogP contribution in [0.5, 0.6) is 0 Å². The molecule has 0 saturated heterocycles. The largest absolute Gasteiger partial charge is 0.412 e. The van der Waals surface area contributed by atoms with Gasteiger partial charge in [0, 0.05) is 0 Å². The smallest absolute Gasteiger partial charge is 0.149 e. The van der Waals surface area contributed by atoms with E-state index in [1.54, 1.807) is 10.8 Å². The zero-order chi connectivity index (χ0) is 4.12. The van der Waals surface area contributed by atoms with Crippen molar-refractivity contribution in [1.29, 1.82) is 10.5 Å². The standard InChI is InChI=1S/C2N2S.H2O/c3-1-5-2-4;/h;1H2. The molecular weight excluding hydrogens is 100 g/mol. The molecule has 0 aromatic heterocycles. The first-order chi connectivity index (χ1) is 2.41. The van der Waals surface area contributed by atoms with Gasteiger partial charge in [-0.3, -0.25) is 0 Å². The van der Waals surface area contributed by atoms with Crippen molar-refractivity contribution in [2.24, 2.45) is 0 Å². The Labute approximate surface area is 39.5 Å². The molecule has 32 valence electrons. The normalized spacial score (nSPS) is 3.67. The van der Waals surface area contributed by atoms with Gasteiger partial charge in [-0.2, -0.15) is 10.5 Å². The van der Waals surface area contributed by atoms with Crippen LogP contribution < -0.4 is 0 Å². The molecule has 0 aromatic rings. The summed E-state index contributed by atoms with van der Waals surface area (Å²) in [5, 5.41) is 18.3. The summed E-state index contributed by atoms with van der Waals surface area (Å²) in [6, 6.07) is 0. The van der Waals surface area contributed by atoms with Gasteiger partial charge in [-0.05, 0) is 0 Å². The number of rotatable bonds is 0. The molecule has 0 aliphatic rings. The lowest BCUT2D eigenvalue weighted by Crippen LogP contribution is -1.29. The van der Waals surface area contributed by atoms with Crippen LogP contribution in [0.4, 0.5) is 0 Å². The van der Waals surface area contributed by atoms with Crippen molar-refractivity contribution < 1.29 is 5.48 Å². The van der Waals surface area contributed by atoms with E-state index < -0.39 is 0 Å². The summed E-state index contributed by atoms with van der Waals surface area (Å²) in [6.45, 7) is 0. The first-order valence-electron chi connectivity index (χ1n) is 0.855. The molecule has 0 rings (SSSR count). The number of hydrogen-bond donors (Lipinski definition) is 0. The maximum Gasteiger partial charge on any atom is 0.149 e. The van der Waals surface area contributed by atoms with Crippen LogP contribution in [0.15, 0.2) is 0 Å². The molecular formula is C2H2N2OS. The van der Waals surface area contributed by atoms with Crippen LogP contribution in [0.3, 0.4) is 0 Å². The monoisotopic (exact) mass is 102 g/mol. The fourth-order valence-electron chi connectivity index (χ4n) is 0.0204. The highest BCUT2D eigenvalue weighted by atomic mass is 32.2. The average molecular weight is 102 g/mol. The minimum Gasteiger partial charge on any atom is -0.412 e. The molecule has 0 amide bonds. The number of thioether (sulfide) groups is 1. The highest BCUT2D eigenvalue weighted by Crippen LogP contribution is 1.85. The van der Waals surface area contributed by atoms with Crippen molar-refractivity contribution in [2.45, 2.75) is 0 Å². The van der Waals surface area contributed by atoms with Gasteiger partial charge in [0.05, 0.1) is 11.8 Å². The van der Waals surface area contributed by atoms with Gasteiger partial charge in [-0.1, -0.05) is 0 Å². The number of hydrogen-bond acceptors (Lipinski definition) is 3. The van der Waals surface area contributed by atoms with E-state index in [0.29, 0.717) is 11.8 Å². The van der Waals surface area contributed by atoms with E-state index in [1.165, 1.54) is 0 Å². The third-order valence-electron chi connectivity index (χ3n) is 0.0913. The quantitative estimate of drug-likeness (QED) is 0.399. The van der Waals surface area contributed by atoms with Crippen molar-refractivity contribution in [1.82, 2.24) is 0 Å². The van der Waals surface area contributed by atoms with Crippen LogP contribution in [0, 0.1) is 21.3 Å². The maximum atomic E-state index is 7.56. The first kappa shape index (κ1) is 8.99.